The van der Waals surface area contributed by atoms with Gasteiger partial charge in [0.1, 0.15) is 6.33 Å². The molecule has 1 atom stereocenters. The normalized spacial score (nSPS) is 24.4. The molecule has 1 saturated heterocycles. The summed E-state index contributed by atoms with van der Waals surface area (Å²) in [4.78, 5) is 16.1. The summed E-state index contributed by atoms with van der Waals surface area (Å²) in [6.07, 6.45) is 9.05. The fourth-order valence-corrected chi connectivity index (χ4v) is 5.29. The molecule has 3 rings (SSSR count). The molecule has 1 unspecified atom stereocenters. The van der Waals surface area contributed by atoms with Crippen LogP contribution in [0.25, 0.3) is 0 Å². The Kier molecular flexibility index (Phi) is 5.37. The standard InChI is InChI=1S/C15H25N5O3S/c21-15(16-9-12-5-4-8-24(22,23)10-12)18-14-17-11-20(19-14)13-6-2-1-3-7-13/h11-13H,1-10H2,(H2,16,18,19,21). The van der Waals surface area contributed by atoms with Crippen molar-refractivity contribution in [2.75, 3.05) is 23.4 Å². The molecule has 2 amide bonds. The van der Waals surface area contributed by atoms with Crippen LogP contribution in [0.2, 0.25) is 0 Å². The van der Waals surface area contributed by atoms with Crippen molar-refractivity contribution in [1.29, 1.82) is 0 Å². The van der Waals surface area contributed by atoms with Crippen LogP contribution in [0.15, 0.2) is 6.33 Å². The van der Waals surface area contributed by atoms with E-state index in [-0.39, 0.29) is 29.4 Å². The van der Waals surface area contributed by atoms with Crippen molar-refractivity contribution in [1.82, 2.24) is 20.1 Å². The predicted molar refractivity (Wildman–Crippen MR) is 90.5 cm³/mol. The minimum Gasteiger partial charge on any atom is -0.337 e. The second-order valence-corrected chi connectivity index (χ2v) is 9.03. The number of urea groups is 1. The monoisotopic (exact) mass is 355 g/mol. The second-order valence-electron chi connectivity index (χ2n) is 6.80. The van der Waals surface area contributed by atoms with Crippen molar-refractivity contribution in [3.8, 4) is 0 Å². The number of carbonyl (C=O) groups excluding carboxylic acids is 1. The van der Waals surface area contributed by atoms with E-state index in [2.05, 4.69) is 20.7 Å². The molecule has 0 bridgehead atoms. The quantitative estimate of drug-likeness (QED) is 0.855. The lowest BCUT2D eigenvalue weighted by Gasteiger charge is -2.22. The Hall–Kier alpha value is -1.64. The van der Waals surface area contributed by atoms with E-state index >= 15 is 0 Å². The van der Waals surface area contributed by atoms with E-state index in [0.717, 1.165) is 19.3 Å². The molecule has 2 heterocycles. The highest BCUT2D eigenvalue weighted by atomic mass is 32.2. The van der Waals surface area contributed by atoms with Gasteiger partial charge in [-0.2, -0.15) is 0 Å². The summed E-state index contributed by atoms with van der Waals surface area (Å²) in [5.41, 5.74) is 0. The van der Waals surface area contributed by atoms with Crippen molar-refractivity contribution >= 4 is 21.8 Å². The largest absolute Gasteiger partial charge is 0.337 e. The molecule has 24 heavy (non-hydrogen) atoms. The van der Waals surface area contributed by atoms with Crippen LogP contribution in [-0.2, 0) is 9.84 Å². The Morgan fingerprint density at radius 3 is 2.75 bits per heavy atom. The first-order valence-corrected chi connectivity index (χ1v) is 10.5. The Morgan fingerprint density at radius 1 is 1.21 bits per heavy atom. The molecule has 2 aliphatic rings. The Balaban J connectivity index is 1.46. The Labute approximate surface area is 142 Å². The van der Waals surface area contributed by atoms with Gasteiger partial charge in [-0.3, -0.25) is 5.32 Å². The number of hydrogen-bond acceptors (Lipinski definition) is 5. The lowest BCUT2D eigenvalue weighted by molar-refractivity contribution is 0.250. The van der Waals surface area contributed by atoms with E-state index in [9.17, 15) is 13.2 Å². The van der Waals surface area contributed by atoms with Crippen LogP contribution in [-0.4, -0.2) is 47.3 Å². The molecular weight excluding hydrogens is 330 g/mol. The summed E-state index contributed by atoms with van der Waals surface area (Å²) in [7, 11) is -2.95. The second kappa shape index (κ2) is 7.50. The maximum absolute atomic E-state index is 11.9. The number of aromatic nitrogens is 3. The van der Waals surface area contributed by atoms with Gasteiger partial charge in [-0.05, 0) is 31.6 Å². The lowest BCUT2D eigenvalue weighted by atomic mass is 9.96. The molecule has 8 nitrogen and oxygen atoms in total. The SMILES string of the molecule is O=C(NCC1CCCS(=O)(=O)C1)Nc1ncn(C2CCCCC2)n1. The average molecular weight is 355 g/mol. The molecule has 2 N–H and O–H groups in total. The predicted octanol–water partition coefficient (Wildman–Crippen LogP) is 1.73. The minimum atomic E-state index is -2.95. The number of nitrogens with zero attached hydrogens (tertiary/aromatic N) is 3. The van der Waals surface area contributed by atoms with Crippen LogP contribution in [0.4, 0.5) is 10.7 Å². The summed E-state index contributed by atoms with van der Waals surface area (Å²) < 4.78 is 25.0. The molecule has 1 aromatic heterocycles. The van der Waals surface area contributed by atoms with Crippen molar-refractivity contribution in [2.45, 2.75) is 51.0 Å². The highest BCUT2D eigenvalue weighted by Crippen LogP contribution is 2.27. The zero-order valence-electron chi connectivity index (χ0n) is 13.8. The molecule has 2 fully saturated rings. The smallest absolute Gasteiger partial charge is 0.321 e. The highest BCUT2D eigenvalue weighted by molar-refractivity contribution is 7.91. The Bertz CT molecular complexity index is 666. The van der Waals surface area contributed by atoms with Gasteiger partial charge in [-0.1, -0.05) is 19.3 Å². The maximum atomic E-state index is 11.9. The summed E-state index contributed by atoms with van der Waals surface area (Å²) in [5.74, 6) is 0.691. The van der Waals surface area contributed by atoms with Gasteiger partial charge >= 0.3 is 6.03 Å². The van der Waals surface area contributed by atoms with Crippen molar-refractivity contribution in [3.05, 3.63) is 6.33 Å². The number of anilines is 1. The van der Waals surface area contributed by atoms with Gasteiger partial charge in [-0.25, -0.2) is 22.9 Å². The van der Waals surface area contributed by atoms with Crippen molar-refractivity contribution < 1.29 is 13.2 Å². The summed E-state index contributed by atoms with van der Waals surface area (Å²) in [6.45, 7) is 0.356. The third-order valence-electron chi connectivity index (χ3n) is 4.79. The minimum absolute atomic E-state index is 0.0118. The molecule has 134 valence electrons. The highest BCUT2D eigenvalue weighted by Gasteiger charge is 2.25. The number of nitrogens with one attached hydrogen (secondary N) is 2. The van der Waals surface area contributed by atoms with E-state index < -0.39 is 9.84 Å². The van der Waals surface area contributed by atoms with Gasteiger partial charge in [0, 0.05) is 6.54 Å². The summed E-state index contributed by atoms with van der Waals surface area (Å²) >= 11 is 0. The fraction of sp³-hybridized carbons (Fsp3) is 0.800. The van der Waals surface area contributed by atoms with E-state index in [1.165, 1.54) is 19.3 Å². The maximum Gasteiger partial charge on any atom is 0.321 e. The molecule has 0 aromatic carbocycles. The summed E-state index contributed by atoms with van der Waals surface area (Å²) in [5, 5.41) is 9.67. The first kappa shape index (κ1) is 17.2. The van der Waals surface area contributed by atoms with Crippen LogP contribution >= 0.6 is 0 Å². The molecule has 1 aliphatic carbocycles. The van der Waals surface area contributed by atoms with Crippen LogP contribution in [0, 0.1) is 5.92 Å². The lowest BCUT2D eigenvalue weighted by Crippen LogP contribution is -2.37. The topological polar surface area (TPSA) is 106 Å². The van der Waals surface area contributed by atoms with Crippen LogP contribution in [0.1, 0.15) is 51.0 Å². The van der Waals surface area contributed by atoms with Crippen LogP contribution < -0.4 is 10.6 Å². The molecule has 1 aromatic rings. The van der Waals surface area contributed by atoms with Gasteiger partial charge < -0.3 is 5.32 Å². The average Bonchev–Trinajstić information content (AvgIpc) is 3.01. The molecule has 1 saturated carbocycles. The first-order valence-electron chi connectivity index (χ1n) is 8.68. The van der Waals surface area contributed by atoms with E-state index in [1.54, 1.807) is 6.33 Å². The number of hydrogen-bond donors (Lipinski definition) is 2. The van der Waals surface area contributed by atoms with Gasteiger partial charge in [0.25, 0.3) is 0 Å². The number of amides is 2. The van der Waals surface area contributed by atoms with Crippen LogP contribution in [0.3, 0.4) is 0 Å². The van der Waals surface area contributed by atoms with Crippen molar-refractivity contribution in [2.24, 2.45) is 5.92 Å². The third kappa shape index (κ3) is 4.68. The molecule has 0 spiro atoms. The Morgan fingerprint density at radius 2 is 2.00 bits per heavy atom. The number of sulfone groups is 1. The van der Waals surface area contributed by atoms with Gasteiger partial charge in [0.15, 0.2) is 9.84 Å². The van der Waals surface area contributed by atoms with E-state index in [1.807, 2.05) is 4.68 Å². The van der Waals surface area contributed by atoms with Crippen molar-refractivity contribution in [3.63, 3.8) is 0 Å². The third-order valence-corrected chi connectivity index (χ3v) is 6.68. The van der Waals surface area contributed by atoms with Gasteiger partial charge in [-0.15, -0.1) is 5.10 Å². The van der Waals surface area contributed by atoms with Gasteiger partial charge in [0.2, 0.25) is 5.95 Å². The first-order chi connectivity index (χ1) is 11.5. The zero-order chi connectivity index (χ0) is 17.0. The van der Waals surface area contributed by atoms with E-state index in [0.29, 0.717) is 19.0 Å². The van der Waals surface area contributed by atoms with Gasteiger partial charge in [0.05, 0.1) is 17.5 Å². The molecule has 9 heteroatoms. The fourth-order valence-electron chi connectivity index (χ4n) is 3.52. The molecule has 0 radical (unpaired) electrons. The number of rotatable bonds is 4. The summed E-state index contributed by atoms with van der Waals surface area (Å²) in [6, 6.07) is -0.0170. The van der Waals surface area contributed by atoms with Crippen LogP contribution in [0.5, 0.6) is 0 Å². The number of carbonyl (C=O) groups is 1. The molecular formula is C15H25N5O3S. The molecule has 1 aliphatic heterocycles. The van der Waals surface area contributed by atoms with E-state index in [4.69, 9.17) is 0 Å². The zero-order valence-corrected chi connectivity index (χ0v) is 14.6.